The molecule has 5 nitrogen and oxygen atoms in total. The second-order valence-electron chi connectivity index (χ2n) is 7.64. The Morgan fingerprint density at radius 3 is 2.37 bits per heavy atom. The Morgan fingerprint density at radius 1 is 1.11 bits per heavy atom. The second-order valence-corrected chi connectivity index (χ2v) is 7.64. The van der Waals surface area contributed by atoms with E-state index in [2.05, 4.69) is 53.4 Å². The molecule has 1 saturated heterocycles. The molecule has 146 valence electrons. The van der Waals surface area contributed by atoms with Crippen LogP contribution in [0.15, 0.2) is 30.3 Å². The van der Waals surface area contributed by atoms with Crippen molar-refractivity contribution in [3.8, 4) is 0 Å². The molecule has 0 unspecified atom stereocenters. The molecule has 0 aliphatic carbocycles. The molecular formula is C22H32N4O. The molecule has 0 spiro atoms. The fourth-order valence-electron chi connectivity index (χ4n) is 4.15. The van der Waals surface area contributed by atoms with E-state index >= 15 is 0 Å². The predicted octanol–water partition coefficient (Wildman–Crippen LogP) is 4.08. The number of likely N-dealkylation sites (N-methyl/N-ethyl adjacent to an activating group) is 1. The third-order valence-corrected chi connectivity index (χ3v) is 5.56. The zero-order chi connectivity index (χ0) is 19.6. The number of piperazine rings is 1. The van der Waals surface area contributed by atoms with Crippen LogP contribution in [0.1, 0.15) is 48.6 Å². The lowest BCUT2D eigenvalue weighted by Gasteiger charge is -2.36. The summed E-state index contributed by atoms with van der Waals surface area (Å²) in [5.74, 6) is -0.0327. The summed E-state index contributed by atoms with van der Waals surface area (Å²) in [5, 5.41) is 3.16. The molecule has 3 rings (SSSR count). The standard InChI is InChI=1S/C22H32N4O/c1-6-24-11-13-25(14-12-24)21-10-8-7-9-20(21)23-22(27)19-15-17(4)26(16(2)3)18(19)5/h7-10,15-16H,6,11-14H2,1-5H3,(H,23,27). The summed E-state index contributed by atoms with van der Waals surface area (Å²) in [6, 6.07) is 10.5. The fourth-order valence-corrected chi connectivity index (χ4v) is 4.15. The van der Waals surface area contributed by atoms with Crippen LogP contribution in [0.5, 0.6) is 0 Å². The second kappa shape index (κ2) is 8.17. The van der Waals surface area contributed by atoms with Gasteiger partial charge in [-0.25, -0.2) is 0 Å². The number of nitrogens with one attached hydrogen (secondary N) is 1. The summed E-state index contributed by atoms with van der Waals surface area (Å²) in [5.41, 5.74) is 4.90. The number of carbonyl (C=O) groups excluding carboxylic acids is 1. The number of rotatable bonds is 5. The van der Waals surface area contributed by atoms with Crippen LogP contribution in [-0.2, 0) is 0 Å². The largest absolute Gasteiger partial charge is 0.367 e. The van der Waals surface area contributed by atoms with Gasteiger partial charge in [0, 0.05) is 43.6 Å². The molecule has 27 heavy (non-hydrogen) atoms. The Balaban J connectivity index is 1.81. The summed E-state index contributed by atoms with van der Waals surface area (Å²) in [7, 11) is 0. The smallest absolute Gasteiger partial charge is 0.257 e. The molecule has 1 aromatic heterocycles. The number of anilines is 2. The molecule has 0 bridgehead atoms. The van der Waals surface area contributed by atoms with Crippen molar-refractivity contribution < 1.29 is 4.79 Å². The van der Waals surface area contributed by atoms with E-state index in [1.54, 1.807) is 0 Å². The van der Waals surface area contributed by atoms with Crippen LogP contribution < -0.4 is 10.2 Å². The quantitative estimate of drug-likeness (QED) is 0.864. The predicted molar refractivity (Wildman–Crippen MR) is 113 cm³/mol. The van der Waals surface area contributed by atoms with E-state index < -0.39 is 0 Å². The van der Waals surface area contributed by atoms with Crippen LogP contribution in [0.4, 0.5) is 11.4 Å². The number of amides is 1. The Morgan fingerprint density at radius 2 is 1.78 bits per heavy atom. The highest BCUT2D eigenvalue weighted by Gasteiger charge is 2.21. The lowest BCUT2D eigenvalue weighted by atomic mass is 10.2. The molecule has 1 fully saturated rings. The maximum absolute atomic E-state index is 13.0. The number of aryl methyl sites for hydroxylation is 1. The van der Waals surface area contributed by atoms with E-state index in [0.717, 1.165) is 61.0 Å². The maximum atomic E-state index is 13.0. The van der Waals surface area contributed by atoms with Crippen LogP contribution in [0.25, 0.3) is 0 Å². The maximum Gasteiger partial charge on any atom is 0.257 e. The zero-order valence-electron chi connectivity index (χ0n) is 17.2. The van der Waals surface area contributed by atoms with E-state index in [1.165, 1.54) is 0 Å². The third-order valence-electron chi connectivity index (χ3n) is 5.56. The summed E-state index contributed by atoms with van der Waals surface area (Å²) >= 11 is 0. The lowest BCUT2D eigenvalue weighted by molar-refractivity contribution is 0.102. The first-order chi connectivity index (χ1) is 12.9. The Kier molecular flexibility index (Phi) is 5.90. The van der Waals surface area contributed by atoms with E-state index in [4.69, 9.17) is 0 Å². The normalized spacial score (nSPS) is 15.4. The first kappa shape index (κ1) is 19.5. The number of hydrogen-bond acceptors (Lipinski definition) is 3. The number of benzene rings is 1. The summed E-state index contributed by atoms with van der Waals surface area (Å²) in [6.07, 6.45) is 0. The van der Waals surface area contributed by atoms with Crippen molar-refractivity contribution in [2.45, 2.75) is 40.7 Å². The zero-order valence-corrected chi connectivity index (χ0v) is 17.2. The van der Waals surface area contributed by atoms with Gasteiger partial charge in [-0.1, -0.05) is 19.1 Å². The van der Waals surface area contributed by atoms with Crippen LogP contribution >= 0.6 is 0 Å². The minimum atomic E-state index is -0.0327. The molecular weight excluding hydrogens is 336 g/mol. The summed E-state index contributed by atoms with van der Waals surface area (Å²) < 4.78 is 2.21. The van der Waals surface area contributed by atoms with Crippen LogP contribution in [-0.4, -0.2) is 48.1 Å². The minimum absolute atomic E-state index is 0.0327. The monoisotopic (exact) mass is 368 g/mol. The number of aromatic nitrogens is 1. The van der Waals surface area contributed by atoms with E-state index in [-0.39, 0.29) is 5.91 Å². The van der Waals surface area contributed by atoms with Crippen molar-refractivity contribution >= 4 is 17.3 Å². The Labute approximate surface area is 163 Å². The number of hydrogen-bond donors (Lipinski definition) is 1. The molecule has 5 heteroatoms. The average molecular weight is 369 g/mol. The van der Waals surface area contributed by atoms with Gasteiger partial charge in [0.2, 0.25) is 0 Å². The van der Waals surface area contributed by atoms with Crippen LogP contribution in [0.3, 0.4) is 0 Å². The van der Waals surface area contributed by atoms with Crippen molar-refractivity contribution in [1.82, 2.24) is 9.47 Å². The molecule has 1 aliphatic rings. The van der Waals surface area contributed by atoms with E-state index in [9.17, 15) is 4.79 Å². The summed E-state index contributed by atoms with van der Waals surface area (Å²) in [6.45, 7) is 15.8. The van der Waals surface area contributed by atoms with Crippen molar-refractivity contribution in [3.63, 3.8) is 0 Å². The highest BCUT2D eigenvalue weighted by molar-refractivity contribution is 6.07. The highest BCUT2D eigenvalue weighted by Crippen LogP contribution is 2.28. The molecule has 1 N–H and O–H groups in total. The van der Waals surface area contributed by atoms with Gasteiger partial charge in [-0.3, -0.25) is 4.79 Å². The van der Waals surface area contributed by atoms with Gasteiger partial charge < -0.3 is 19.7 Å². The van der Waals surface area contributed by atoms with Gasteiger partial charge >= 0.3 is 0 Å². The fraction of sp³-hybridized carbons (Fsp3) is 0.500. The van der Waals surface area contributed by atoms with Gasteiger partial charge in [0.25, 0.3) is 5.91 Å². The Bertz CT molecular complexity index is 801. The number of para-hydroxylation sites is 2. The van der Waals surface area contributed by atoms with Crippen molar-refractivity contribution in [2.24, 2.45) is 0 Å². The number of carbonyl (C=O) groups is 1. The molecule has 0 atom stereocenters. The van der Waals surface area contributed by atoms with Gasteiger partial charge in [0.15, 0.2) is 0 Å². The highest BCUT2D eigenvalue weighted by atomic mass is 16.1. The van der Waals surface area contributed by atoms with Gasteiger partial charge in [-0.15, -0.1) is 0 Å². The van der Waals surface area contributed by atoms with E-state index in [1.807, 2.05) is 31.2 Å². The molecule has 1 amide bonds. The molecule has 0 saturated carbocycles. The summed E-state index contributed by atoms with van der Waals surface area (Å²) in [4.78, 5) is 17.8. The SMILES string of the molecule is CCN1CCN(c2ccccc2NC(=O)c2cc(C)n(C(C)C)c2C)CC1. The van der Waals surface area contributed by atoms with E-state index in [0.29, 0.717) is 6.04 Å². The lowest BCUT2D eigenvalue weighted by Crippen LogP contribution is -2.46. The third kappa shape index (κ3) is 4.03. The first-order valence-corrected chi connectivity index (χ1v) is 9.98. The molecule has 2 aromatic rings. The molecule has 0 radical (unpaired) electrons. The van der Waals surface area contributed by atoms with Gasteiger partial charge in [-0.2, -0.15) is 0 Å². The average Bonchev–Trinajstić information content (AvgIpc) is 2.97. The van der Waals surface area contributed by atoms with Crippen LogP contribution in [0.2, 0.25) is 0 Å². The molecule has 1 aliphatic heterocycles. The van der Waals surface area contributed by atoms with Crippen LogP contribution in [0, 0.1) is 13.8 Å². The van der Waals surface area contributed by atoms with Crippen molar-refractivity contribution in [2.75, 3.05) is 42.9 Å². The van der Waals surface area contributed by atoms with Gasteiger partial charge in [0.1, 0.15) is 0 Å². The van der Waals surface area contributed by atoms with Gasteiger partial charge in [0.05, 0.1) is 16.9 Å². The molecule has 1 aromatic carbocycles. The van der Waals surface area contributed by atoms with Gasteiger partial charge in [-0.05, 0) is 52.4 Å². The Hall–Kier alpha value is -2.27. The topological polar surface area (TPSA) is 40.5 Å². The van der Waals surface area contributed by atoms with Crippen molar-refractivity contribution in [3.05, 3.63) is 47.3 Å². The van der Waals surface area contributed by atoms with Crippen molar-refractivity contribution in [1.29, 1.82) is 0 Å². The minimum Gasteiger partial charge on any atom is -0.367 e. The number of nitrogens with zero attached hydrogens (tertiary/aromatic N) is 3. The first-order valence-electron chi connectivity index (χ1n) is 9.98. The molecule has 2 heterocycles.